The maximum atomic E-state index is 12.7. The highest BCUT2D eigenvalue weighted by Gasteiger charge is 2.47. The molecule has 4 aromatic rings. The van der Waals surface area contributed by atoms with Crippen molar-refractivity contribution >= 4 is 23.2 Å². The third-order valence-corrected chi connectivity index (χ3v) is 7.76. The first-order valence-corrected chi connectivity index (χ1v) is 13.9. The summed E-state index contributed by atoms with van der Waals surface area (Å²) in [5, 5.41) is 13.6. The second-order valence-electron chi connectivity index (χ2n) is 12.2. The van der Waals surface area contributed by atoms with Gasteiger partial charge in [0.2, 0.25) is 0 Å². The van der Waals surface area contributed by atoms with Crippen LogP contribution in [0.1, 0.15) is 61.4 Å². The van der Waals surface area contributed by atoms with E-state index in [-0.39, 0.29) is 17.3 Å². The molecule has 41 heavy (non-hydrogen) atoms. The van der Waals surface area contributed by atoms with E-state index in [4.69, 9.17) is 4.52 Å². The second kappa shape index (κ2) is 10.2. The number of amides is 1. The summed E-state index contributed by atoms with van der Waals surface area (Å²) in [6.45, 7) is 14.2. The molecular formula is C30H35N9O2. The standard InChI is InChI=1S/C30H35N9O2/c1-18-10-20(6-8-22(18)19(2)35-26(40)27-37-28(38-41-27)29(3,4)5)23-11-25(34-17-33-23)36-24-9-7-21(12-32-24)39-15-30(16-39)13-31-14-30/h6-12,17,19,31H,13-16H2,1-5H3,(H,35,40)(H,32,33,34,36)/t19-/m1/s1. The normalized spacial score (nSPS) is 16.6. The molecule has 3 N–H and O–H groups in total. The molecule has 6 rings (SSSR count). The van der Waals surface area contributed by atoms with Gasteiger partial charge in [0.1, 0.15) is 18.0 Å². The number of anilines is 3. The van der Waals surface area contributed by atoms with Crippen molar-refractivity contribution in [1.29, 1.82) is 0 Å². The molecule has 3 aromatic heterocycles. The van der Waals surface area contributed by atoms with Gasteiger partial charge < -0.3 is 25.4 Å². The number of aryl methyl sites for hydroxylation is 1. The molecule has 0 unspecified atom stereocenters. The molecule has 0 saturated carbocycles. The van der Waals surface area contributed by atoms with E-state index in [1.807, 2.05) is 65.1 Å². The lowest BCUT2D eigenvalue weighted by Gasteiger charge is -2.57. The summed E-state index contributed by atoms with van der Waals surface area (Å²) in [6, 6.07) is 11.8. The van der Waals surface area contributed by atoms with Gasteiger partial charge in [0.05, 0.1) is 23.6 Å². The van der Waals surface area contributed by atoms with Crippen LogP contribution in [0.15, 0.2) is 53.4 Å². The molecule has 5 heterocycles. The van der Waals surface area contributed by atoms with Crippen LogP contribution in [-0.2, 0) is 5.41 Å². The fourth-order valence-corrected chi connectivity index (χ4v) is 5.29. The van der Waals surface area contributed by atoms with Gasteiger partial charge in [0.25, 0.3) is 0 Å². The molecule has 2 aliphatic heterocycles. The van der Waals surface area contributed by atoms with Crippen LogP contribution in [0.2, 0.25) is 0 Å². The summed E-state index contributed by atoms with van der Waals surface area (Å²) >= 11 is 0. The lowest BCUT2D eigenvalue weighted by atomic mass is 9.74. The summed E-state index contributed by atoms with van der Waals surface area (Å²) < 4.78 is 5.19. The third-order valence-electron chi connectivity index (χ3n) is 7.76. The fourth-order valence-electron chi connectivity index (χ4n) is 5.29. The topological polar surface area (TPSA) is 134 Å². The van der Waals surface area contributed by atoms with Crippen LogP contribution in [0.5, 0.6) is 0 Å². The maximum Gasteiger partial charge on any atom is 0.315 e. The Morgan fingerprint density at radius 3 is 2.51 bits per heavy atom. The minimum Gasteiger partial charge on any atom is -0.369 e. The first kappa shape index (κ1) is 26.8. The molecule has 0 bridgehead atoms. The van der Waals surface area contributed by atoms with Gasteiger partial charge in [-0.15, -0.1) is 0 Å². The lowest BCUT2D eigenvalue weighted by molar-refractivity contribution is 0.0895. The molecule has 1 amide bonds. The van der Waals surface area contributed by atoms with Crippen molar-refractivity contribution < 1.29 is 9.32 Å². The van der Waals surface area contributed by atoms with E-state index >= 15 is 0 Å². The Labute approximate surface area is 239 Å². The van der Waals surface area contributed by atoms with Gasteiger partial charge in [-0.25, -0.2) is 15.0 Å². The van der Waals surface area contributed by atoms with Crippen LogP contribution in [0.3, 0.4) is 0 Å². The minimum absolute atomic E-state index is 0.0404. The molecular weight excluding hydrogens is 518 g/mol. The molecule has 2 fully saturated rings. The van der Waals surface area contributed by atoms with Crippen molar-refractivity contribution in [2.45, 2.75) is 46.1 Å². The SMILES string of the molecule is Cc1cc(-c2cc(Nc3ccc(N4CC5(CNC5)C4)cn3)ncn2)ccc1[C@@H](C)NC(=O)c1nc(C(C)(C)C)no1. The molecule has 2 saturated heterocycles. The number of aromatic nitrogens is 5. The first-order valence-electron chi connectivity index (χ1n) is 13.9. The molecule has 11 nitrogen and oxygen atoms in total. The highest BCUT2D eigenvalue weighted by atomic mass is 16.5. The van der Waals surface area contributed by atoms with E-state index < -0.39 is 5.91 Å². The number of nitrogens with zero attached hydrogens (tertiary/aromatic N) is 6. The van der Waals surface area contributed by atoms with Gasteiger partial charge in [0.15, 0.2) is 5.82 Å². The first-order chi connectivity index (χ1) is 19.6. The zero-order valence-corrected chi connectivity index (χ0v) is 24.0. The van der Waals surface area contributed by atoms with Crippen LogP contribution in [-0.4, -0.2) is 57.2 Å². The summed E-state index contributed by atoms with van der Waals surface area (Å²) in [4.78, 5) is 32.8. The zero-order chi connectivity index (χ0) is 28.8. The number of pyridine rings is 1. The Morgan fingerprint density at radius 2 is 1.88 bits per heavy atom. The molecule has 0 radical (unpaired) electrons. The van der Waals surface area contributed by atoms with Crippen molar-refractivity contribution in [3.63, 3.8) is 0 Å². The Balaban J connectivity index is 1.10. The molecule has 212 valence electrons. The van der Waals surface area contributed by atoms with E-state index in [1.165, 1.54) is 0 Å². The van der Waals surface area contributed by atoms with Gasteiger partial charge in [0, 0.05) is 48.6 Å². The number of carbonyl (C=O) groups is 1. The van der Waals surface area contributed by atoms with Crippen molar-refractivity contribution in [3.05, 3.63) is 71.8 Å². The van der Waals surface area contributed by atoms with Crippen molar-refractivity contribution in [3.8, 4) is 11.3 Å². The van der Waals surface area contributed by atoms with E-state index in [0.717, 1.165) is 60.1 Å². The molecule has 1 aromatic carbocycles. The Bertz CT molecular complexity index is 1560. The van der Waals surface area contributed by atoms with Crippen molar-refractivity contribution in [1.82, 2.24) is 35.7 Å². The minimum atomic E-state index is -0.401. The highest BCUT2D eigenvalue weighted by molar-refractivity contribution is 5.89. The van der Waals surface area contributed by atoms with Crippen LogP contribution in [0, 0.1) is 12.3 Å². The van der Waals surface area contributed by atoms with Crippen LogP contribution in [0.25, 0.3) is 11.3 Å². The molecule has 1 atom stereocenters. The number of rotatable bonds is 7. The number of nitrogens with one attached hydrogen (secondary N) is 3. The Kier molecular flexibility index (Phi) is 6.69. The second-order valence-corrected chi connectivity index (χ2v) is 12.2. The van der Waals surface area contributed by atoms with E-state index in [0.29, 0.717) is 17.1 Å². The zero-order valence-electron chi connectivity index (χ0n) is 24.0. The maximum absolute atomic E-state index is 12.7. The van der Waals surface area contributed by atoms with Gasteiger partial charge in [-0.1, -0.05) is 38.1 Å². The smallest absolute Gasteiger partial charge is 0.315 e. The Hall–Kier alpha value is -4.38. The third kappa shape index (κ3) is 5.49. The quantitative estimate of drug-likeness (QED) is 0.306. The van der Waals surface area contributed by atoms with Crippen LogP contribution >= 0.6 is 0 Å². The summed E-state index contributed by atoms with van der Waals surface area (Å²) in [7, 11) is 0. The number of benzene rings is 1. The summed E-state index contributed by atoms with van der Waals surface area (Å²) in [5.41, 5.74) is 5.05. The fraction of sp³-hybridized carbons (Fsp3) is 0.400. The average molecular weight is 554 g/mol. The summed E-state index contributed by atoms with van der Waals surface area (Å²) in [6.07, 6.45) is 3.45. The van der Waals surface area contributed by atoms with Crippen LogP contribution < -0.4 is 20.9 Å². The number of hydrogen-bond acceptors (Lipinski definition) is 10. The Morgan fingerprint density at radius 1 is 1.07 bits per heavy atom. The number of hydrogen-bond donors (Lipinski definition) is 3. The van der Waals surface area contributed by atoms with Gasteiger partial charge in [-0.05, 0) is 43.2 Å². The van der Waals surface area contributed by atoms with E-state index in [9.17, 15) is 4.79 Å². The predicted octanol–water partition coefficient (Wildman–Crippen LogP) is 4.17. The lowest BCUT2D eigenvalue weighted by Crippen LogP contribution is -2.71. The molecule has 1 spiro atoms. The van der Waals surface area contributed by atoms with Gasteiger partial charge in [-0.3, -0.25) is 4.79 Å². The van der Waals surface area contributed by atoms with Gasteiger partial charge >= 0.3 is 11.8 Å². The number of carbonyl (C=O) groups excluding carboxylic acids is 1. The average Bonchev–Trinajstić information content (AvgIpc) is 3.40. The largest absolute Gasteiger partial charge is 0.369 e. The van der Waals surface area contributed by atoms with E-state index in [2.05, 4.69) is 58.1 Å². The monoisotopic (exact) mass is 553 g/mol. The van der Waals surface area contributed by atoms with Crippen molar-refractivity contribution in [2.75, 3.05) is 36.4 Å². The van der Waals surface area contributed by atoms with Crippen molar-refractivity contribution in [2.24, 2.45) is 5.41 Å². The van der Waals surface area contributed by atoms with Crippen LogP contribution in [0.4, 0.5) is 17.3 Å². The molecule has 2 aliphatic rings. The summed E-state index contributed by atoms with van der Waals surface area (Å²) in [5.74, 6) is 1.44. The van der Waals surface area contributed by atoms with E-state index in [1.54, 1.807) is 6.33 Å². The molecule has 11 heteroatoms. The van der Waals surface area contributed by atoms with Gasteiger partial charge in [-0.2, -0.15) is 4.98 Å². The molecule has 0 aliphatic carbocycles. The highest BCUT2D eigenvalue weighted by Crippen LogP contribution is 2.37. The predicted molar refractivity (Wildman–Crippen MR) is 156 cm³/mol.